The van der Waals surface area contributed by atoms with Crippen LogP contribution in [0.1, 0.15) is 30.6 Å². The second kappa shape index (κ2) is 9.28. The molecular formula is C27H28N4O3S. The largest absolute Gasteiger partial charge is 0.338 e. The normalized spacial score (nSPS) is 19.0. The number of carbonyl (C=O) groups is 1. The number of nitrogens with zero attached hydrogens (tertiary/aromatic N) is 2. The van der Waals surface area contributed by atoms with Crippen LogP contribution in [0.4, 0.5) is 5.69 Å². The van der Waals surface area contributed by atoms with E-state index in [4.69, 9.17) is 0 Å². The fraction of sp³-hybridized carbons (Fsp3) is 0.259. The van der Waals surface area contributed by atoms with Crippen LogP contribution in [-0.2, 0) is 10.0 Å². The third kappa shape index (κ3) is 4.85. The van der Waals surface area contributed by atoms with Crippen LogP contribution in [0, 0.1) is 11.8 Å². The summed E-state index contributed by atoms with van der Waals surface area (Å²) in [5.41, 5.74) is 3.69. The van der Waals surface area contributed by atoms with Crippen LogP contribution in [-0.4, -0.2) is 41.7 Å². The maximum atomic E-state index is 13.1. The summed E-state index contributed by atoms with van der Waals surface area (Å²) in [5.74, 6) is 1.07. The average Bonchev–Trinajstić information content (AvgIpc) is 3.28. The summed E-state index contributed by atoms with van der Waals surface area (Å²) >= 11 is 0. The van der Waals surface area contributed by atoms with Crippen LogP contribution in [0.5, 0.6) is 0 Å². The van der Waals surface area contributed by atoms with Gasteiger partial charge in [-0.1, -0.05) is 38.1 Å². The summed E-state index contributed by atoms with van der Waals surface area (Å²) < 4.78 is 27.8. The average molecular weight is 489 g/mol. The second-order valence-corrected chi connectivity index (χ2v) is 11.4. The van der Waals surface area contributed by atoms with Crippen LogP contribution in [0.25, 0.3) is 22.4 Å². The Morgan fingerprint density at radius 1 is 0.971 bits per heavy atom. The fourth-order valence-electron chi connectivity index (χ4n) is 4.77. The Labute approximate surface area is 205 Å². The van der Waals surface area contributed by atoms with Gasteiger partial charge in [-0.15, -0.1) is 0 Å². The summed E-state index contributed by atoms with van der Waals surface area (Å²) in [6, 6.07) is 21.4. The summed E-state index contributed by atoms with van der Waals surface area (Å²) in [6.45, 7) is 5.20. The monoisotopic (exact) mass is 488 g/mol. The van der Waals surface area contributed by atoms with E-state index in [1.54, 1.807) is 16.4 Å². The number of benzene rings is 3. The first kappa shape index (κ1) is 23.3. The molecule has 2 atom stereocenters. The van der Waals surface area contributed by atoms with Crippen LogP contribution in [0.15, 0.2) is 77.7 Å². The summed E-state index contributed by atoms with van der Waals surface area (Å²) in [7, 11) is -3.59. The zero-order valence-corrected chi connectivity index (χ0v) is 20.5. The number of carbonyl (C=O) groups excluding carboxylic acids is 1. The third-order valence-electron chi connectivity index (χ3n) is 6.37. The van der Waals surface area contributed by atoms with Crippen molar-refractivity contribution in [3.8, 4) is 11.4 Å². The lowest BCUT2D eigenvalue weighted by atomic mass is 9.94. The second-order valence-electron chi connectivity index (χ2n) is 9.43. The molecule has 1 aromatic heterocycles. The number of imidazole rings is 1. The highest BCUT2D eigenvalue weighted by molar-refractivity contribution is 7.89. The van der Waals surface area contributed by atoms with Crippen molar-refractivity contribution in [3.63, 3.8) is 0 Å². The highest BCUT2D eigenvalue weighted by Gasteiger charge is 2.31. The first-order valence-electron chi connectivity index (χ1n) is 11.8. The lowest BCUT2D eigenvalue weighted by Gasteiger charge is -2.34. The van der Waals surface area contributed by atoms with E-state index >= 15 is 0 Å². The van der Waals surface area contributed by atoms with E-state index in [2.05, 4.69) is 29.1 Å². The molecule has 35 heavy (non-hydrogen) atoms. The lowest BCUT2D eigenvalue weighted by molar-refractivity contribution is 0.102. The topological polar surface area (TPSA) is 95.2 Å². The molecule has 0 saturated carbocycles. The molecule has 8 heteroatoms. The number of piperidine rings is 1. The molecule has 7 nitrogen and oxygen atoms in total. The van der Waals surface area contributed by atoms with Crippen molar-refractivity contribution in [2.45, 2.75) is 25.2 Å². The third-order valence-corrected chi connectivity index (χ3v) is 8.22. The van der Waals surface area contributed by atoms with Crippen molar-refractivity contribution >= 4 is 32.7 Å². The number of amides is 1. The van der Waals surface area contributed by atoms with Crippen LogP contribution in [0.2, 0.25) is 0 Å². The van der Waals surface area contributed by atoms with E-state index in [9.17, 15) is 13.2 Å². The van der Waals surface area contributed by atoms with Crippen molar-refractivity contribution in [1.29, 1.82) is 0 Å². The van der Waals surface area contributed by atoms with Gasteiger partial charge in [0.15, 0.2) is 0 Å². The highest BCUT2D eigenvalue weighted by atomic mass is 32.2. The lowest BCUT2D eigenvalue weighted by Crippen LogP contribution is -2.42. The van der Waals surface area contributed by atoms with Gasteiger partial charge in [-0.25, -0.2) is 13.4 Å². The zero-order valence-electron chi connectivity index (χ0n) is 19.7. The number of fused-ring (bicyclic) bond motifs is 1. The van der Waals surface area contributed by atoms with Crippen molar-refractivity contribution < 1.29 is 13.2 Å². The number of nitrogens with one attached hydrogen (secondary N) is 2. The molecule has 0 unspecified atom stereocenters. The van der Waals surface area contributed by atoms with Crippen molar-refractivity contribution in [3.05, 3.63) is 78.4 Å². The Hall–Kier alpha value is -3.49. The number of para-hydroxylation sites is 2. The van der Waals surface area contributed by atoms with Gasteiger partial charge in [0.05, 0.1) is 15.9 Å². The Morgan fingerprint density at radius 2 is 1.69 bits per heavy atom. The molecule has 0 bridgehead atoms. The predicted molar refractivity (Wildman–Crippen MR) is 138 cm³/mol. The molecule has 1 saturated heterocycles. The van der Waals surface area contributed by atoms with Gasteiger partial charge >= 0.3 is 0 Å². The molecule has 0 aliphatic carbocycles. The SMILES string of the molecule is C[C@@H]1C[C@H](C)CN(S(=O)(=O)c2ccc(C(=O)Nc3cccc(-c4nc5ccccc5[nH]4)c3)cc2)C1. The quantitative estimate of drug-likeness (QED) is 0.406. The minimum absolute atomic E-state index is 0.210. The molecule has 4 aromatic rings. The van der Waals surface area contributed by atoms with Gasteiger partial charge in [-0.05, 0) is 66.8 Å². The maximum absolute atomic E-state index is 13.1. The number of aromatic nitrogens is 2. The van der Waals surface area contributed by atoms with E-state index in [-0.39, 0.29) is 10.8 Å². The molecule has 0 radical (unpaired) electrons. The van der Waals surface area contributed by atoms with Gasteiger partial charge in [0, 0.05) is 29.9 Å². The Balaban J connectivity index is 1.31. The molecule has 1 aliphatic heterocycles. The highest BCUT2D eigenvalue weighted by Crippen LogP contribution is 2.27. The summed E-state index contributed by atoms with van der Waals surface area (Å²) in [6.07, 6.45) is 1.03. The van der Waals surface area contributed by atoms with Gasteiger partial charge in [0.25, 0.3) is 5.91 Å². The Morgan fingerprint density at radius 3 is 2.40 bits per heavy atom. The maximum Gasteiger partial charge on any atom is 0.255 e. The van der Waals surface area contributed by atoms with Crippen molar-refractivity contribution in [2.24, 2.45) is 11.8 Å². The van der Waals surface area contributed by atoms with Crippen molar-refractivity contribution in [1.82, 2.24) is 14.3 Å². The first-order valence-corrected chi connectivity index (χ1v) is 13.2. The number of rotatable bonds is 5. The summed E-state index contributed by atoms with van der Waals surface area (Å²) in [4.78, 5) is 21.0. The first-order chi connectivity index (χ1) is 16.8. The predicted octanol–water partition coefficient (Wildman–Crippen LogP) is 5.15. The van der Waals surface area contributed by atoms with Crippen LogP contribution >= 0.6 is 0 Å². The standard InChI is InChI=1S/C27H28N4O3S/c1-18-14-19(2)17-31(16-18)35(33,34)23-12-10-20(11-13-23)27(32)28-22-7-5-6-21(15-22)26-29-24-8-3-4-9-25(24)30-26/h3-13,15,18-19H,14,16-17H2,1-2H3,(H,28,32)(H,29,30)/t18-,19+. The zero-order chi connectivity index (χ0) is 24.6. The molecule has 5 rings (SSSR count). The number of hydrogen-bond acceptors (Lipinski definition) is 4. The van der Waals surface area contributed by atoms with E-state index in [0.717, 1.165) is 28.8 Å². The molecule has 180 valence electrons. The molecular weight excluding hydrogens is 460 g/mol. The van der Waals surface area contributed by atoms with Crippen LogP contribution in [0.3, 0.4) is 0 Å². The molecule has 1 fully saturated rings. The van der Waals surface area contributed by atoms with Gasteiger partial charge in [-0.2, -0.15) is 4.31 Å². The number of aromatic amines is 1. The smallest absolute Gasteiger partial charge is 0.255 e. The van der Waals surface area contributed by atoms with E-state index in [0.29, 0.717) is 36.2 Å². The number of hydrogen-bond donors (Lipinski definition) is 2. The molecule has 2 N–H and O–H groups in total. The van der Waals surface area contributed by atoms with Crippen LogP contribution < -0.4 is 5.32 Å². The van der Waals surface area contributed by atoms with Gasteiger partial charge in [0.2, 0.25) is 10.0 Å². The molecule has 1 amide bonds. The number of sulfonamides is 1. The number of H-pyrrole nitrogens is 1. The van der Waals surface area contributed by atoms with Gasteiger partial charge < -0.3 is 10.3 Å². The molecule has 1 aliphatic rings. The van der Waals surface area contributed by atoms with Crippen molar-refractivity contribution in [2.75, 3.05) is 18.4 Å². The minimum atomic E-state index is -3.59. The van der Waals surface area contributed by atoms with Gasteiger partial charge in [-0.3, -0.25) is 4.79 Å². The Bertz CT molecular complexity index is 1430. The fourth-order valence-corrected chi connectivity index (χ4v) is 6.45. The number of anilines is 1. The molecule has 2 heterocycles. The summed E-state index contributed by atoms with van der Waals surface area (Å²) in [5, 5.41) is 2.89. The Kier molecular flexibility index (Phi) is 6.17. The molecule has 3 aromatic carbocycles. The van der Waals surface area contributed by atoms with E-state index < -0.39 is 10.0 Å². The molecule has 0 spiro atoms. The van der Waals surface area contributed by atoms with E-state index in [1.165, 1.54) is 12.1 Å². The van der Waals surface area contributed by atoms with E-state index in [1.807, 2.05) is 48.5 Å². The minimum Gasteiger partial charge on any atom is -0.338 e. The van der Waals surface area contributed by atoms with Gasteiger partial charge in [0.1, 0.15) is 5.82 Å².